The van der Waals surface area contributed by atoms with Crippen molar-refractivity contribution >= 4 is 24.0 Å². The molecule has 0 aromatic carbocycles. The third-order valence-corrected chi connectivity index (χ3v) is 3.15. The van der Waals surface area contributed by atoms with Gasteiger partial charge in [-0.05, 0) is 41.5 Å². The number of amides is 1. The maximum absolute atomic E-state index is 12.2. The third-order valence-electron chi connectivity index (χ3n) is 3.15. The van der Waals surface area contributed by atoms with Crippen molar-refractivity contribution in [2.24, 2.45) is 0 Å². The average Bonchev–Trinajstić information content (AvgIpc) is 2.39. The van der Waals surface area contributed by atoms with E-state index in [1.165, 1.54) is 13.8 Å². The van der Waals surface area contributed by atoms with Gasteiger partial charge < -0.3 is 29.4 Å². The SMILES string of the molecule is CC(C)(C)OC(=O)CC(NC(=O)OC(C)(C)C)C(O)=C1C(=O)OC(C)(C)OC1=O. The highest BCUT2D eigenvalue weighted by molar-refractivity contribution is 6.16. The number of cyclic esters (lactones) is 2. The fraction of sp³-hybridized carbons (Fsp3) is 0.684. The zero-order valence-electron chi connectivity index (χ0n) is 18.0. The Balaban J connectivity index is 3.21. The van der Waals surface area contributed by atoms with E-state index >= 15 is 0 Å². The molecule has 10 nitrogen and oxygen atoms in total. The van der Waals surface area contributed by atoms with E-state index in [4.69, 9.17) is 18.9 Å². The van der Waals surface area contributed by atoms with Gasteiger partial charge in [-0.1, -0.05) is 0 Å². The van der Waals surface area contributed by atoms with Gasteiger partial charge in [-0.3, -0.25) is 4.79 Å². The van der Waals surface area contributed by atoms with Gasteiger partial charge in [0.2, 0.25) is 0 Å². The first-order valence-corrected chi connectivity index (χ1v) is 9.01. The Morgan fingerprint density at radius 3 is 1.86 bits per heavy atom. The molecular weight excluding hydrogens is 386 g/mol. The summed E-state index contributed by atoms with van der Waals surface area (Å²) in [6.45, 7) is 12.4. The molecule has 1 unspecified atom stereocenters. The van der Waals surface area contributed by atoms with Crippen LogP contribution in [0.1, 0.15) is 61.8 Å². The Kier molecular flexibility index (Phi) is 6.94. The maximum atomic E-state index is 12.2. The summed E-state index contributed by atoms with van der Waals surface area (Å²) < 4.78 is 20.2. The molecule has 1 amide bonds. The highest BCUT2D eigenvalue weighted by Crippen LogP contribution is 2.26. The van der Waals surface area contributed by atoms with Gasteiger partial charge in [0.1, 0.15) is 23.0 Å². The van der Waals surface area contributed by atoms with Crippen molar-refractivity contribution in [3.63, 3.8) is 0 Å². The Morgan fingerprint density at radius 1 is 1.00 bits per heavy atom. The van der Waals surface area contributed by atoms with Crippen molar-refractivity contribution in [3.05, 3.63) is 11.3 Å². The Bertz CT molecular complexity index is 671. The minimum absolute atomic E-state index is 0.574. The van der Waals surface area contributed by atoms with Gasteiger partial charge in [0, 0.05) is 13.8 Å². The van der Waals surface area contributed by atoms with Gasteiger partial charge in [0.15, 0.2) is 5.57 Å². The van der Waals surface area contributed by atoms with Crippen LogP contribution in [0.2, 0.25) is 0 Å². The zero-order chi connectivity index (χ0) is 22.8. The topological polar surface area (TPSA) is 137 Å². The second kappa shape index (κ2) is 8.30. The van der Waals surface area contributed by atoms with Crippen LogP contribution >= 0.6 is 0 Å². The fourth-order valence-electron chi connectivity index (χ4n) is 2.25. The smallest absolute Gasteiger partial charge is 0.408 e. The lowest BCUT2D eigenvalue weighted by Crippen LogP contribution is -2.46. The molecule has 164 valence electrons. The normalized spacial score (nSPS) is 17.6. The lowest BCUT2D eigenvalue weighted by molar-refractivity contribution is -0.222. The van der Waals surface area contributed by atoms with Crippen LogP contribution in [0.5, 0.6) is 0 Å². The van der Waals surface area contributed by atoms with Gasteiger partial charge >= 0.3 is 24.0 Å². The monoisotopic (exact) mass is 415 g/mol. The summed E-state index contributed by atoms with van der Waals surface area (Å²) in [6, 6.07) is -1.49. The van der Waals surface area contributed by atoms with E-state index in [0.29, 0.717) is 0 Å². The van der Waals surface area contributed by atoms with Crippen molar-refractivity contribution in [3.8, 4) is 0 Å². The van der Waals surface area contributed by atoms with Gasteiger partial charge in [0.05, 0.1) is 6.42 Å². The summed E-state index contributed by atoms with van der Waals surface area (Å²) >= 11 is 0. The van der Waals surface area contributed by atoms with Crippen LogP contribution in [-0.4, -0.2) is 52.1 Å². The number of hydrogen-bond acceptors (Lipinski definition) is 9. The van der Waals surface area contributed by atoms with Gasteiger partial charge in [-0.25, -0.2) is 14.4 Å². The summed E-state index contributed by atoms with van der Waals surface area (Å²) in [6.07, 6.45) is -1.55. The van der Waals surface area contributed by atoms with Gasteiger partial charge in [-0.2, -0.15) is 0 Å². The molecule has 29 heavy (non-hydrogen) atoms. The lowest BCUT2D eigenvalue weighted by atomic mass is 10.1. The van der Waals surface area contributed by atoms with Crippen molar-refractivity contribution in [2.45, 2.75) is 84.8 Å². The molecule has 10 heteroatoms. The van der Waals surface area contributed by atoms with E-state index < -0.39 is 64.8 Å². The van der Waals surface area contributed by atoms with Gasteiger partial charge in [0.25, 0.3) is 5.79 Å². The number of esters is 3. The molecular formula is C19H29NO9. The maximum Gasteiger partial charge on any atom is 0.408 e. The van der Waals surface area contributed by atoms with Crippen LogP contribution in [0.25, 0.3) is 0 Å². The number of aliphatic hydroxyl groups excluding tert-OH is 1. The molecule has 1 rings (SSSR count). The first-order valence-electron chi connectivity index (χ1n) is 9.01. The predicted octanol–water partition coefficient (Wildman–Crippen LogP) is 2.26. The van der Waals surface area contributed by atoms with Crippen molar-refractivity contribution in [2.75, 3.05) is 0 Å². The number of ether oxygens (including phenoxy) is 4. The molecule has 0 spiro atoms. The summed E-state index contributed by atoms with van der Waals surface area (Å²) in [4.78, 5) is 48.7. The van der Waals surface area contributed by atoms with Crippen LogP contribution in [0.4, 0.5) is 4.79 Å². The zero-order valence-corrected chi connectivity index (χ0v) is 18.0. The number of aliphatic hydroxyl groups is 1. The van der Waals surface area contributed by atoms with E-state index in [1.807, 2.05) is 0 Å². The number of carbonyl (C=O) groups is 4. The largest absolute Gasteiger partial charge is 0.509 e. The van der Waals surface area contributed by atoms with Crippen LogP contribution in [0, 0.1) is 0 Å². The molecule has 1 aliphatic heterocycles. The Morgan fingerprint density at radius 2 is 1.45 bits per heavy atom. The van der Waals surface area contributed by atoms with Crippen molar-refractivity contribution < 1.29 is 43.2 Å². The van der Waals surface area contributed by atoms with Crippen LogP contribution in [-0.2, 0) is 33.3 Å². The minimum Gasteiger partial charge on any atom is -0.509 e. The highest BCUT2D eigenvalue weighted by atomic mass is 16.7. The highest BCUT2D eigenvalue weighted by Gasteiger charge is 2.43. The molecule has 1 atom stereocenters. The van der Waals surface area contributed by atoms with E-state index in [1.54, 1.807) is 41.5 Å². The van der Waals surface area contributed by atoms with Crippen LogP contribution in [0.15, 0.2) is 11.3 Å². The summed E-state index contributed by atoms with van der Waals surface area (Å²) in [5, 5.41) is 12.8. The fourth-order valence-corrected chi connectivity index (χ4v) is 2.25. The molecule has 1 fully saturated rings. The number of rotatable bonds is 4. The number of alkyl carbamates (subject to hydrolysis) is 1. The summed E-state index contributed by atoms with van der Waals surface area (Å²) in [7, 11) is 0. The molecule has 1 heterocycles. The Labute approximate surface area is 169 Å². The number of hydrogen-bond donors (Lipinski definition) is 2. The number of carbonyl (C=O) groups excluding carboxylic acids is 4. The second-order valence-electron chi connectivity index (χ2n) is 8.93. The molecule has 0 radical (unpaired) electrons. The van der Waals surface area contributed by atoms with E-state index in [9.17, 15) is 24.3 Å². The molecule has 0 saturated carbocycles. The van der Waals surface area contributed by atoms with Gasteiger partial charge in [-0.15, -0.1) is 0 Å². The molecule has 1 saturated heterocycles. The van der Waals surface area contributed by atoms with Crippen molar-refractivity contribution in [1.82, 2.24) is 5.32 Å². The minimum atomic E-state index is -1.52. The molecule has 0 bridgehead atoms. The quantitative estimate of drug-likeness (QED) is 0.233. The average molecular weight is 415 g/mol. The first-order chi connectivity index (χ1) is 12.9. The van der Waals surface area contributed by atoms with Crippen LogP contribution in [0.3, 0.4) is 0 Å². The molecule has 1 aliphatic rings. The second-order valence-corrected chi connectivity index (χ2v) is 8.93. The van der Waals surface area contributed by atoms with Crippen LogP contribution < -0.4 is 5.32 Å². The van der Waals surface area contributed by atoms with E-state index in [-0.39, 0.29) is 0 Å². The first kappa shape index (κ1) is 24.3. The number of nitrogens with one attached hydrogen (secondary N) is 1. The molecule has 0 aromatic heterocycles. The Hall–Kier alpha value is -2.78. The standard InChI is InChI=1S/C19H29NO9/c1-17(2,3)26-11(21)9-10(20-16(25)29-18(4,5)6)13(22)12-14(23)27-19(7,8)28-15(12)24/h10,22H,9H2,1-8H3,(H,20,25). The van der Waals surface area contributed by atoms with E-state index in [0.717, 1.165) is 0 Å². The predicted molar refractivity (Wildman–Crippen MR) is 99.5 cm³/mol. The molecule has 0 aliphatic carbocycles. The van der Waals surface area contributed by atoms with Crippen molar-refractivity contribution in [1.29, 1.82) is 0 Å². The summed E-state index contributed by atoms with van der Waals surface area (Å²) in [5.41, 5.74) is -2.52. The molecule has 2 N–H and O–H groups in total. The van der Waals surface area contributed by atoms with E-state index in [2.05, 4.69) is 5.32 Å². The summed E-state index contributed by atoms with van der Waals surface area (Å²) in [5.74, 6) is -5.50. The molecule has 0 aromatic rings. The third kappa shape index (κ3) is 8.00. The lowest BCUT2D eigenvalue weighted by Gasteiger charge is -2.31.